The normalized spacial score (nSPS) is 21.0. The van der Waals surface area contributed by atoms with Gasteiger partial charge >= 0.3 is 0 Å². The molecule has 57 heavy (non-hydrogen) atoms. The van der Waals surface area contributed by atoms with Crippen LogP contribution in [-0.2, 0) is 20.3 Å². The lowest BCUT2D eigenvalue weighted by Gasteiger charge is -2.41. The number of hydrogen-bond acceptors (Lipinski definition) is 11. The van der Waals surface area contributed by atoms with Gasteiger partial charge in [-0.25, -0.2) is 13.8 Å². The number of ether oxygens (including phenoxy) is 2. The molecule has 4 saturated heterocycles. The van der Waals surface area contributed by atoms with E-state index >= 15 is 8.78 Å². The van der Waals surface area contributed by atoms with Gasteiger partial charge in [0.05, 0.1) is 32.3 Å². The minimum absolute atomic E-state index is 0.0153. The van der Waals surface area contributed by atoms with Gasteiger partial charge in [-0.3, -0.25) is 4.21 Å². The summed E-state index contributed by atoms with van der Waals surface area (Å²) in [5.41, 5.74) is 12.9. The standard InChI is InChI=1S/C43H54F2N8O3S/c1-57(54)30-53(43-27-38(6-7-47-43)49-10-14-55-15-11-49)39-5-3-9-52(29-39)41-21-32(19-34(45)23-41)31-18-33(44)22-40(20-31)51-8-2-4-36(28-51)48-37-24-35(46)25-42(26-37)50-12-16-56-17-13-50/h6-7,18-27,36,39,48H,2-5,8-17,28-30,46H2,1H3/t36-,39+,57?/m1/s1. The zero-order valence-corrected chi connectivity index (χ0v) is 33.6. The van der Waals surface area contributed by atoms with Crippen molar-refractivity contribution in [2.24, 2.45) is 0 Å². The van der Waals surface area contributed by atoms with Gasteiger partial charge in [-0.15, -0.1) is 0 Å². The first-order valence-corrected chi connectivity index (χ1v) is 21.9. The number of nitrogens with two attached hydrogens (primary N) is 1. The predicted molar refractivity (Wildman–Crippen MR) is 228 cm³/mol. The van der Waals surface area contributed by atoms with E-state index in [1.165, 1.54) is 12.1 Å². The van der Waals surface area contributed by atoms with Crippen molar-refractivity contribution in [1.82, 2.24) is 4.98 Å². The average molecular weight is 801 g/mol. The monoisotopic (exact) mass is 800 g/mol. The molecule has 0 saturated carbocycles. The van der Waals surface area contributed by atoms with Crippen LogP contribution in [0.25, 0.3) is 11.1 Å². The van der Waals surface area contributed by atoms with Crippen LogP contribution in [0, 0.1) is 11.6 Å². The number of pyridine rings is 1. The summed E-state index contributed by atoms with van der Waals surface area (Å²) < 4.78 is 54.8. The maximum Gasteiger partial charge on any atom is 0.131 e. The number of benzene rings is 3. The highest BCUT2D eigenvalue weighted by molar-refractivity contribution is 7.84. The molecule has 8 rings (SSSR count). The van der Waals surface area contributed by atoms with Crippen molar-refractivity contribution in [3.8, 4) is 11.1 Å². The Labute approximate surface area is 337 Å². The third-order valence-corrected chi connectivity index (χ3v) is 12.1. The maximum absolute atomic E-state index is 15.5. The second-order valence-electron chi connectivity index (χ2n) is 15.6. The minimum Gasteiger partial charge on any atom is -0.399 e. The van der Waals surface area contributed by atoms with Crippen LogP contribution in [0.5, 0.6) is 0 Å². The summed E-state index contributed by atoms with van der Waals surface area (Å²) in [6, 6.07) is 20.4. The Hall–Kier alpha value is -4.66. The molecule has 0 spiro atoms. The van der Waals surface area contributed by atoms with Crippen molar-refractivity contribution in [1.29, 1.82) is 0 Å². The van der Waals surface area contributed by atoms with E-state index in [1.807, 2.05) is 36.5 Å². The van der Waals surface area contributed by atoms with Crippen molar-refractivity contribution < 1.29 is 22.5 Å². The summed E-state index contributed by atoms with van der Waals surface area (Å²) >= 11 is 0. The van der Waals surface area contributed by atoms with Crippen LogP contribution in [0.4, 0.5) is 48.7 Å². The van der Waals surface area contributed by atoms with Crippen LogP contribution in [0.1, 0.15) is 25.7 Å². The van der Waals surface area contributed by atoms with Crippen molar-refractivity contribution in [2.45, 2.75) is 37.8 Å². The van der Waals surface area contributed by atoms with Crippen molar-refractivity contribution in [3.05, 3.63) is 84.6 Å². The Kier molecular flexibility index (Phi) is 12.3. The zero-order valence-electron chi connectivity index (χ0n) is 32.8. The van der Waals surface area contributed by atoms with Gasteiger partial charge in [-0.2, -0.15) is 0 Å². The molecular weight excluding hydrogens is 747 g/mol. The number of aromatic nitrogens is 1. The van der Waals surface area contributed by atoms with Gasteiger partial charge in [0.1, 0.15) is 17.5 Å². The van der Waals surface area contributed by atoms with E-state index < -0.39 is 10.8 Å². The molecule has 3 aromatic carbocycles. The molecule has 5 heterocycles. The number of anilines is 7. The third kappa shape index (κ3) is 9.73. The van der Waals surface area contributed by atoms with Crippen LogP contribution in [0.3, 0.4) is 0 Å². The van der Waals surface area contributed by atoms with E-state index in [-0.39, 0.29) is 23.7 Å². The van der Waals surface area contributed by atoms with Crippen molar-refractivity contribution >= 4 is 50.7 Å². The van der Waals surface area contributed by atoms with Crippen LogP contribution < -0.4 is 35.6 Å². The van der Waals surface area contributed by atoms with Crippen LogP contribution in [0.2, 0.25) is 0 Å². The fraction of sp³-hybridized carbons (Fsp3) is 0.465. The van der Waals surface area contributed by atoms with E-state index in [4.69, 9.17) is 20.2 Å². The molecule has 4 fully saturated rings. The molecule has 1 unspecified atom stereocenters. The number of nitrogens with zero attached hydrogens (tertiary/aromatic N) is 6. The molecule has 0 bridgehead atoms. The van der Waals surface area contributed by atoms with Gasteiger partial charge in [0.25, 0.3) is 0 Å². The molecule has 11 nitrogen and oxygen atoms in total. The topological polar surface area (TPSA) is 103 Å². The third-order valence-electron chi connectivity index (χ3n) is 11.5. The highest BCUT2D eigenvalue weighted by atomic mass is 32.2. The minimum atomic E-state index is -1.10. The second-order valence-corrected chi connectivity index (χ2v) is 17.0. The van der Waals surface area contributed by atoms with E-state index in [9.17, 15) is 4.21 Å². The molecule has 1 aromatic heterocycles. The molecule has 3 atom stereocenters. The number of nitrogen functional groups attached to an aromatic ring is 1. The predicted octanol–water partition coefficient (Wildman–Crippen LogP) is 6.17. The first-order valence-electron chi connectivity index (χ1n) is 20.2. The van der Waals surface area contributed by atoms with Crippen LogP contribution in [-0.4, -0.2) is 112 Å². The van der Waals surface area contributed by atoms with Gasteiger partial charge < -0.3 is 45.0 Å². The summed E-state index contributed by atoms with van der Waals surface area (Å²) in [5.74, 6) is 0.402. The number of morpholine rings is 2. The summed E-state index contributed by atoms with van der Waals surface area (Å²) in [6.45, 7) is 8.90. The fourth-order valence-electron chi connectivity index (χ4n) is 8.72. The molecule has 0 radical (unpaired) electrons. The SMILES string of the molecule is CS(=O)CN(c1cc(N2CCOCC2)ccn1)[C@H]1CCCN(c2cc(F)cc(-c3cc(F)cc(N4CCC[C@@H](Nc5cc(N)cc(N6CCOCC6)c5)C4)c3)c2)C1. The Morgan fingerprint density at radius 3 is 1.98 bits per heavy atom. The summed E-state index contributed by atoms with van der Waals surface area (Å²) in [4.78, 5) is 15.9. The molecule has 0 amide bonds. The second kappa shape index (κ2) is 17.9. The number of nitrogens with one attached hydrogen (secondary N) is 1. The number of piperidine rings is 2. The van der Waals surface area contributed by atoms with E-state index in [2.05, 4.69) is 41.9 Å². The summed E-state index contributed by atoms with van der Waals surface area (Å²) in [7, 11) is -1.10. The lowest BCUT2D eigenvalue weighted by atomic mass is 9.99. The van der Waals surface area contributed by atoms with Gasteiger partial charge in [0.2, 0.25) is 0 Å². The van der Waals surface area contributed by atoms with E-state index in [1.54, 1.807) is 18.4 Å². The van der Waals surface area contributed by atoms with Crippen molar-refractivity contribution in [3.63, 3.8) is 0 Å². The fourth-order valence-corrected chi connectivity index (χ4v) is 9.45. The van der Waals surface area contributed by atoms with Crippen molar-refractivity contribution in [2.75, 3.05) is 126 Å². The van der Waals surface area contributed by atoms with Gasteiger partial charge in [-0.1, -0.05) is 0 Å². The lowest BCUT2D eigenvalue weighted by molar-refractivity contribution is 0.122. The summed E-state index contributed by atoms with van der Waals surface area (Å²) in [6.07, 6.45) is 7.23. The van der Waals surface area contributed by atoms with Crippen LogP contribution >= 0.6 is 0 Å². The van der Waals surface area contributed by atoms with E-state index in [0.29, 0.717) is 62.2 Å². The van der Waals surface area contributed by atoms with Crippen LogP contribution in [0.15, 0.2) is 72.9 Å². The maximum atomic E-state index is 15.5. The Balaban J connectivity index is 0.988. The number of halogens is 2. The van der Waals surface area contributed by atoms with Gasteiger partial charge in [0.15, 0.2) is 0 Å². The average Bonchev–Trinajstić information content (AvgIpc) is 3.23. The van der Waals surface area contributed by atoms with E-state index in [0.717, 1.165) is 99.2 Å². The summed E-state index contributed by atoms with van der Waals surface area (Å²) in [5, 5.41) is 3.70. The molecule has 0 aliphatic carbocycles. The Bertz CT molecular complexity index is 2030. The van der Waals surface area contributed by atoms with Gasteiger partial charge in [0, 0.05) is 128 Å². The molecule has 3 N–H and O–H groups in total. The Morgan fingerprint density at radius 1 is 0.737 bits per heavy atom. The molecule has 4 aliphatic rings. The Morgan fingerprint density at radius 2 is 1.33 bits per heavy atom. The highest BCUT2D eigenvalue weighted by Crippen LogP contribution is 2.34. The highest BCUT2D eigenvalue weighted by Gasteiger charge is 2.29. The zero-order chi connectivity index (χ0) is 39.3. The number of rotatable bonds is 11. The lowest BCUT2D eigenvalue weighted by Crippen LogP contribution is -2.49. The molecule has 304 valence electrons. The first kappa shape index (κ1) is 39.2. The van der Waals surface area contributed by atoms with Gasteiger partial charge in [-0.05, 0) is 97.5 Å². The smallest absolute Gasteiger partial charge is 0.131 e. The quantitative estimate of drug-likeness (QED) is 0.170. The first-order chi connectivity index (χ1) is 27.7. The molecule has 4 aliphatic heterocycles. The largest absolute Gasteiger partial charge is 0.399 e. The number of hydrogen-bond donors (Lipinski definition) is 2. The molecule has 4 aromatic rings. The molecular formula is C43H54F2N8O3S. The molecule has 14 heteroatoms.